The van der Waals surface area contributed by atoms with Crippen molar-refractivity contribution in [2.24, 2.45) is 5.92 Å². The van der Waals surface area contributed by atoms with Gasteiger partial charge >= 0.3 is 0 Å². The number of benzene rings is 2. The van der Waals surface area contributed by atoms with E-state index >= 15 is 0 Å². The molecule has 3 aromatic rings. The Labute approximate surface area is 206 Å². The molecular formula is C26H32N4O4S. The minimum Gasteiger partial charge on any atom is -0.495 e. The second-order valence-corrected chi connectivity index (χ2v) is 11.4. The highest BCUT2D eigenvalue weighted by Gasteiger charge is 2.33. The summed E-state index contributed by atoms with van der Waals surface area (Å²) in [5, 5.41) is 2.92. The normalized spacial score (nSPS) is 18.2. The van der Waals surface area contributed by atoms with Gasteiger partial charge in [-0.3, -0.25) is 4.79 Å². The van der Waals surface area contributed by atoms with Crippen LogP contribution < -0.4 is 10.1 Å². The number of rotatable bonds is 6. The van der Waals surface area contributed by atoms with Gasteiger partial charge in [-0.25, -0.2) is 13.4 Å². The zero-order valence-electron chi connectivity index (χ0n) is 20.2. The summed E-state index contributed by atoms with van der Waals surface area (Å²) >= 11 is 0. The maximum Gasteiger partial charge on any atom is 0.243 e. The summed E-state index contributed by atoms with van der Waals surface area (Å²) in [7, 11) is -2.10. The molecule has 35 heavy (non-hydrogen) atoms. The molecule has 0 radical (unpaired) electrons. The number of carbonyl (C=O) groups is 1. The van der Waals surface area contributed by atoms with Crippen LogP contribution in [0.4, 0.5) is 5.69 Å². The van der Waals surface area contributed by atoms with Crippen molar-refractivity contribution < 1.29 is 17.9 Å². The molecule has 9 heteroatoms. The first-order valence-electron chi connectivity index (χ1n) is 12.3. The van der Waals surface area contributed by atoms with E-state index in [4.69, 9.17) is 4.74 Å². The number of carbonyl (C=O) groups excluding carboxylic acids is 1. The molecule has 1 amide bonds. The highest BCUT2D eigenvalue weighted by molar-refractivity contribution is 7.89. The minimum atomic E-state index is -3.66. The molecule has 1 aliphatic carbocycles. The van der Waals surface area contributed by atoms with Gasteiger partial charge in [-0.2, -0.15) is 4.31 Å². The molecule has 1 aliphatic heterocycles. The smallest absolute Gasteiger partial charge is 0.243 e. The van der Waals surface area contributed by atoms with E-state index in [-0.39, 0.29) is 16.7 Å². The molecule has 1 N–H and O–H groups in total. The quantitative estimate of drug-likeness (QED) is 0.542. The topological polar surface area (TPSA) is 93.5 Å². The molecule has 2 fully saturated rings. The fourth-order valence-corrected chi connectivity index (χ4v) is 6.96. The zero-order valence-corrected chi connectivity index (χ0v) is 21.1. The lowest BCUT2D eigenvalue weighted by Crippen LogP contribution is -2.41. The van der Waals surface area contributed by atoms with Gasteiger partial charge in [0.05, 0.1) is 28.7 Å². The van der Waals surface area contributed by atoms with Gasteiger partial charge in [0.25, 0.3) is 0 Å². The Morgan fingerprint density at radius 2 is 1.77 bits per heavy atom. The molecule has 1 saturated heterocycles. The van der Waals surface area contributed by atoms with E-state index < -0.39 is 10.0 Å². The molecule has 186 valence electrons. The highest BCUT2D eigenvalue weighted by Crippen LogP contribution is 2.35. The van der Waals surface area contributed by atoms with E-state index in [1.54, 1.807) is 31.4 Å². The van der Waals surface area contributed by atoms with E-state index in [0.717, 1.165) is 29.7 Å². The number of methoxy groups -OCH3 is 1. The lowest BCUT2D eigenvalue weighted by atomic mass is 9.97. The third kappa shape index (κ3) is 4.54. The summed E-state index contributed by atoms with van der Waals surface area (Å²) in [6, 6.07) is 13.0. The fourth-order valence-electron chi connectivity index (χ4n) is 5.47. The van der Waals surface area contributed by atoms with Crippen molar-refractivity contribution >= 4 is 32.7 Å². The van der Waals surface area contributed by atoms with Gasteiger partial charge in [-0.1, -0.05) is 25.0 Å². The number of anilines is 1. The van der Waals surface area contributed by atoms with E-state index in [0.29, 0.717) is 43.4 Å². The standard InChI is InChI=1S/C26H32N4O4S/c1-18-27-23-17-21(11-12-24(23)30(18)20-7-3-4-8-20)35(32,33)29-15-13-19(14-16-29)26(31)28-22-9-5-6-10-25(22)34-2/h5-6,9-12,17,19-20H,3-4,7-8,13-16H2,1-2H3,(H,28,31). The number of ether oxygens (including phenoxy) is 1. The molecule has 0 unspecified atom stereocenters. The number of piperidine rings is 1. The van der Waals surface area contributed by atoms with Crippen molar-refractivity contribution in [1.82, 2.24) is 13.9 Å². The summed E-state index contributed by atoms with van der Waals surface area (Å²) < 4.78 is 35.9. The first-order valence-corrected chi connectivity index (χ1v) is 13.7. The van der Waals surface area contributed by atoms with Crippen LogP contribution in [0.15, 0.2) is 47.4 Å². The molecule has 2 aromatic carbocycles. The average Bonchev–Trinajstić information content (AvgIpc) is 3.50. The Balaban J connectivity index is 1.28. The molecule has 1 aromatic heterocycles. The first kappa shape index (κ1) is 23.8. The highest BCUT2D eigenvalue weighted by atomic mass is 32.2. The lowest BCUT2D eigenvalue weighted by Gasteiger charge is -2.30. The summed E-state index contributed by atoms with van der Waals surface area (Å²) in [5.41, 5.74) is 2.34. The van der Waals surface area contributed by atoms with E-state index in [2.05, 4.69) is 14.9 Å². The number of aryl methyl sites for hydroxylation is 1. The zero-order chi connectivity index (χ0) is 24.6. The van der Waals surface area contributed by atoms with Gasteiger partial charge in [-0.05, 0) is 62.9 Å². The van der Waals surface area contributed by atoms with Crippen LogP contribution in [0, 0.1) is 12.8 Å². The molecular weight excluding hydrogens is 464 g/mol. The van der Waals surface area contributed by atoms with Crippen molar-refractivity contribution in [3.63, 3.8) is 0 Å². The molecule has 2 heterocycles. The van der Waals surface area contributed by atoms with Crippen molar-refractivity contribution in [2.45, 2.75) is 56.4 Å². The fraction of sp³-hybridized carbons (Fsp3) is 0.462. The molecule has 8 nitrogen and oxygen atoms in total. The van der Waals surface area contributed by atoms with Gasteiger partial charge < -0.3 is 14.6 Å². The molecule has 0 atom stereocenters. The van der Waals surface area contributed by atoms with Gasteiger partial charge in [0, 0.05) is 25.0 Å². The third-order valence-electron chi connectivity index (χ3n) is 7.35. The van der Waals surface area contributed by atoms with E-state index in [9.17, 15) is 13.2 Å². The predicted octanol–water partition coefficient (Wildman–Crippen LogP) is 4.51. The summed E-state index contributed by atoms with van der Waals surface area (Å²) in [6.07, 6.45) is 5.68. The summed E-state index contributed by atoms with van der Waals surface area (Å²) in [4.78, 5) is 17.8. The molecule has 0 spiro atoms. The Morgan fingerprint density at radius 1 is 1.06 bits per heavy atom. The number of sulfonamides is 1. The lowest BCUT2D eigenvalue weighted by molar-refractivity contribution is -0.120. The van der Waals surface area contributed by atoms with Crippen molar-refractivity contribution in [3.05, 3.63) is 48.3 Å². The number of para-hydroxylation sites is 2. The summed E-state index contributed by atoms with van der Waals surface area (Å²) in [5.74, 6) is 1.17. The van der Waals surface area contributed by atoms with Crippen LogP contribution in [0.2, 0.25) is 0 Å². The minimum absolute atomic E-state index is 0.110. The monoisotopic (exact) mass is 496 g/mol. The number of nitrogens with zero attached hydrogens (tertiary/aromatic N) is 3. The number of fused-ring (bicyclic) bond motifs is 1. The van der Waals surface area contributed by atoms with Crippen LogP contribution in [-0.4, -0.2) is 48.4 Å². The number of aromatic nitrogens is 2. The number of hydrogen-bond donors (Lipinski definition) is 1. The van der Waals surface area contributed by atoms with E-state index in [1.165, 1.54) is 17.1 Å². The number of amides is 1. The van der Waals surface area contributed by atoms with Crippen molar-refractivity contribution in [3.8, 4) is 5.75 Å². The second-order valence-electron chi connectivity index (χ2n) is 9.49. The first-order chi connectivity index (χ1) is 16.9. The Bertz CT molecular complexity index is 1340. The molecule has 0 bridgehead atoms. The predicted molar refractivity (Wildman–Crippen MR) is 135 cm³/mol. The summed E-state index contributed by atoms with van der Waals surface area (Å²) in [6.45, 7) is 2.60. The SMILES string of the molecule is COc1ccccc1NC(=O)C1CCN(S(=O)(=O)c2ccc3c(c2)nc(C)n3C2CCCC2)CC1. The third-order valence-corrected chi connectivity index (χ3v) is 9.25. The molecule has 2 aliphatic rings. The van der Waals surface area contributed by atoms with Crippen LogP contribution in [0.1, 0.15) is 50.4 Å². The van der Waals surface area contributed by atoms with Crippen LogP contribution in [0.5, 0.6) is 5.75 Å². The number of hydrogen-bond acceptors (Lipinski definition) is 5. The molecule has 1 saturated carbocycles. The van der Waals surface area contributed by atoms with Crippen molar-refractivity contribution in [2.75, 3.05) is 25.5 Å². The van der Waals surface area contributed by atoms with Crippen LogP contribution in [0.3, 0.4) is 0 Å². The van der Waals surface area contributed by atoms with Crippen molar-refractivity contribution in [1.29, 1.82) is 0 Å². The van der Waals surface area contributed by atoms with Gasteiger partial charge in [0.2, 0.25) is 15.9 Å². The number of imidazole rings is 1. The van der Waals surface area contributed by atoms with Crippen LogP contribution in [-0.2, 0) is 14.8 Å². The largest absolute Gasteiger partial charge is 0.495 e. The maximum atomic E-state index is 13.4. The van der Waals surface area contributed by atoms with Gasteiger partial charge in [0.15, 0.2) is 0 Å². The second kappa shape index (κ2) is 9.62. The Hall–Kier alpha value is -2.91. The number of nitrogens with one attached hydrogen (secondary N) is 1. The van der Waals surface area contributed by atoms with Gasteiger partial charge in [0.1, 0.15) is 11.6 Å². The van der Waals surface area contributed by atoms with E-state index in [1.807, 2.05) is 25.1 Å². The van der Waals surface area contributed by atoms with Crippen LogP contribution in [0.25, 0.3) is 11.0 Å². The average molecular weight is 497 g/mol. The maximum absolute atomic E-state index is 13.4. The Kier molecular flexibility index (Phi) is 6.55. The Morgan fingerprint density at radius 3 is 2.49 bits per heavy atom. The molecule has 5 rings (SSSR count). The van der Waals surface area contributed by atoms with Crippen LogP contribution >= 0.6 is 0 Å². The van der Waals surface area contributed by atoms with Gasteiger partial charge in [-0.15, -0.1) is 0 Å².